The van der Waals surface area contributed by atoms with E-state index in [1.54, 1.807) is 36.4 Å². The highest BCUT2D eigenvalue weighted by molar-refractivity contribution is 6.35. The van der Waals surface area contributed by atoms with Crippen molar-refractivity contribution >= 4 is 35.0 Å². The molecule has 4 nitrogen and oxygen atoms in total. The Labute approximate surface area is 155 Å². The van der Waals surface area contributed by atoms with Gasteiger partial charge in [-0.3, -0.25) is 9.59 Å². The maximum Gasteiger partial charge on any atom is 0.229 e. The first kappa shape index (κ1) is 19.2. The molecule has 0 spiro atoms. The minimum absolute atomic E-state index is 0.0408. The van der Waals surface area contributed by atoms with Crippen LogP contribution in [0.1, 0.15) is 17.5 Å². The lowest BCUT2D eigenvalue weighted by atomic mass is 10.1. The topological polar surface area (TPSA) is 58.2 Å². The van der Waals surface area contributed by atoms with E-state index in [4.69, 9.17) is 23.2 Å². The van der Waals surface area contributed by atoms with E-state index in [0.717, 1.165) is 5.56 Å². The summed E-state index contributed by atoms with van der Waals surface area (Å²) in [5.74, 6) is -1.27. The van der Waals surface area contributed by atoms with Gasteiger partial charge >= 0.3 is 0 Å². The number of benzene rings is 2. The van der Waals surface area contributed by atoms with Crippen LogP contribution in [-0.2, 0) is 22.6 Å². The Bertz CT molecular complexity index is 768. The highest BCUT2D eigenvalue weighted by atomic mass is 35.5. The van der Waals surface area contributed by atoms with E-state index in [1.807, 2.05) is 0 Å². The van der Waals surface area contributed by atoms with Gasteiger partial charge < -0.3 is 10.6 Å². The standard InChI is InChI=1S/C18H17Cl2FN2O2/c19-14-6-5-12(15(20)9-14)7-8-22-17(24)10-18(25)23-11-13-3-1-2-4-16(13)21/h1-6,9H,7-8,10-11H2,(H,22,24)(H,23,25). The molecule has 0 heterocycles. The number of carbonyl (C=O) groups excluding carboxylic acids is 2. The largest absolute Gasteiger partial charge is 0.355 e. The molecule has 7 heteroatoms. The van der Waals surface area contributed by atoms with Crippen LogP contribution in [0.2, 0.25) is 10.0 Å². The summed E-state index contributed by atoms with van der Waals surface area (Å²) in [7, 11) is 0. The van der Waals surface area contributed by atoms with Crippen LogP contribution in [0.15, 0.2) is 42.5 Å². The van der Waals surface area contributed by atoms with Gasteiger partial charge in [0.1, 0.15) is 12.2 Å². The third-order valence-electron chi connectivity index (χ3n) is 3.49. The SMILES string of the molecule is O=C(CC(=O)NCc1ccccc1F)NCCc1ccc(Cl)cc1Cl. The number of halogens is 3. The molecule has 0 atom stereocenters. The smallest absolute Gasteiger partial charge is 0.229 e. The molecule has 25 heavy (non-hydrogen) atoms. The fraction of sp³-hybridized carbons (Fsp3) is 0.222. The second-order valence-electron chi connectivity index (χ2n) is 5.38. The number of hydrogen-bond acceptors (Lipinski definition) is 2. The molecule has 0 bridgehead atoms. The number of carbonyl (C=O) groups is 2. The molecule has 2 aromatic rings. The van der Waals surface area contributed by atoms with Crippen molar-refractivity contribution in [2.45, 2.75) is 19.4 Å². The predicted octanol–water partition coefficient (Wildman–Crippen LogP) is 3.50. The van der Waals surface area contributed by atoms with Gasteiger partial charge in [-0.05, 0) is 30.2 Å². The summed E-state index contributed by atoms with van der Waals surface area (Å²) in [6.07, 6.45) is 0.210. The Kier molecular flexibility index (Phi) is 7.22. The van der Waals surface area contributed by atoms with Gasteiger partial charge in [0.05, 0.1) is 0 Å². The first-order chi connectivity index (χ1) is 12.0. The number of rotatable bonds is 7. The van der Waals surface area contributed by atoms with Crippen LogP contribution in [0, 0.1) is 5.82 Å². The van der Waals surface area contributed by atoms with Crippen molar-refractivity contribution < 1.29 is 14.0 Å². The summed E-state index contributed by atoms with van der Waals surface area (Å²) in [5.41, 5.74) is 1.23. The van der Waals surface area contributed by atoms with Gasteiger partial charge in [-0.25, -0.2) is 4.39 Å². The van der Waals surface area contributed by atoms with Crippen LogP contribution in [-0.4, -0.2) is 18.4 Å². The average Bonchev–Trinajstić information content (AvgIpc) is 2.56. The molecule has 0 saturated heterocycles. The van der Waals surface area contributed by atoms with E-state index in [1.165, 1.54) is 6.07 Å². The van der Waals surface area contributed by atoms with Crippen molar-refractivity contribution in [3.05, 3.63) is 69.5 Å². The third kappa shape index (κ3) is 6.36. The monoisotopic (exact) mass is 382 g/mol. The van der Waals surface area contributed by atoms with Crippen molar-refractivity contribution in [2.75, 3.05) is 6.54 Å². The second-order valence-corrected chi connectivity index (χ2v) is 6.22. The molecule has 2 amide bonds. The average molecular weight is 383 g/mol. The van der Waals surface area contributed by atoms with Crippen LogP contribution in [0.25, 0.3) is 0 Å². The molecule has 0 fully saturated rings. The fourth-order valence-corrected chi connectivity index (χ4v) is 2.67. The molecule has 0 radical (unpaired) electrons. The van der Waals surface area contributed by atoms with Crippen LogP contribution < -0.4 is 10.6 Å². The molecule has 2 N–H and O–H groups in total. The van der Waals surface area contributed by atoms with Crippen LogP contribution >= 0.6 is 23.2 Å². The normalized spacial score (nSPS) is 10.4. The Morgan fingerprint density at radius 1 is 0.960 bits per heavy atom. The van der Waals surface area contributed by atoms with E-state index in [9.17, 15) is 14.0 Å². The fourth-order valence-electron chi connectivity index (χ4n) is 2.17. The summed E-state index contributed by atoms with van der Waals surface area (Å²) in [6, 6.07) is 11.3. The Morgan fingerprint density at radius 3 is 2.40 bits per heavy atom. The van der Waals surface area contributed by atoms with Gasteiger partial charge in [0.2, 0.25) is 11.8 Å². The van der Waals surface area contributed by atoms with Gasteiger partial charge in [0.15, 0.2) is 0 Å². The number of hydrogen-bond donors (Lipinski definition) is 2. The molecule has 2 rings (SSSR count). The van der Waals surface area contributed by atoms with Crippen molar-refractivity contribution in [2.24, 2.45) is 0 Å². The van der Waals surface area contributed by atoms with Crippen LogP contribution in [0.3, 0.4) is 0 Å². The lowest BCUT2D eigenvalue weighted by molar-refractivity contribution is -0.129. The molecule has 0 aliphatic rings. The Morgan fingerprint density at radius 2 is 1.68 bits per heavy atom. The summed E-state index contributed by atoms with van der Waals surface area (Å²) in [4.78, 5) is 23.5. The van der Waals surface area contributed by atoms with Crippen LogP contribution in [0.4, 0.5) is 4.39 Å². The zero-order valence-electron chi connectivity index (χ0n) is 13.3. The third-order valence-corrected chi connectivity index (χ3v) is 4.07. The molecular weight excluding hydrogens is 366 g/mol. The minimum Gasteiger partial charge on any atom is -0.355 e. The molecular formula is C18H17Cl2FN2O2. The predicted molar refractivity (Wildman–Crippen MR) is 96.0 cm³/mol. The Balaban J connectivity index is 1.71. The maximum absolute atomic E-state index is 13.4. The van der Waals surface area contributed by atoms with E-state index in [0.29, 0.717) is 28.6 Å². The first-order valence-corrected chi connectivity index (χ1v) is 8.42. The van der Waals surface area contributed by atoms with E-state index in [-0.39, 0.29) is 13.0 Å². The van der Waals surface area contributed by atoms with Gasteiger partial charge in [0, 0.05) is 28.7 Å². The molecule has 0 aliphatic carbocycles. The van der Waals surface area contributed by atoms with Gasteiger partial charge in [0.25, 0.3) is 0 Å². The van der Waals surface area contributed by atoms with Gasteiger partial charge in [-0.15, -0.1) is 0 Å². The number of amides is 2. The zero-order chi connectivity index (χ0) is 18.2. The molecule has 2 aromatic carbocycles. The molecule has 0 aliphatic heterocycles. The maximum atomic E-state index is 13.4. The quantitative estimate of drug-likeness (QED) is 0.720. The van der Waals surface area contributed by atoms with E-state index < -0.39 is 17.6 Å². The molecule has 0 unspecified atom stereocenters. The summed E-state index contributed by atoms with van der Waals surface area (Å²) >= 11 is 11.9. The summed E-state index contributed by atoms with van der Waals surface area (Å²) in [5, 5.41) is 6.24. The van der Waals surface area contributed by atoms with Gasteiger partial charge in [-0.2, -0.15) is 0 Å². The van der Waals surface area contributed by atoms with Gasteiger partial charge in [-0.1, -0.05) is 47.5 Å². The van der Waals surface area contributed by atoms with Crippen molar-refractivity contribution in [1.29, 1.82) is 0 Å². The highest BCUT2D eigenvalue weighted by Gasteiger charge is 2.10. The highest BCUT2D eigenvalue weighted by Crippen LogP contribution is 2.21. The second kappa shape index (κ2) is 9.39. The molecule has 0 aromatic heterocycles. The zero-order valence-corrected chi connectivity index (χ0v) is 14.8. The Hall–Kier alpha value is -2.11. The minimum atomic E-state index is -0.467. The van der Waals surface area contributed by atoms with E-state index >= 15 is 0 Å². The lowest BCUT2D eigenvalue weighted by Crippen LogP contribution is -2.32. The number of nitrogens with one attached hydrogen (secondary N) is 2. The van der Waals surface area contributed by atoms with E-state index in [2.05, 4.69) is 10.6 Å². The summed E-state index contributed by atoms with van der Waals surface area (Å²) < 4.78 is 13.4. The summed E-state index contributed by atoms with van der Waals surface area (Å²) in [6.45, 7) is 0.389. The van der Waals surface area contributed by atoms with Crippen molar-refractivity contribution in [3.8, 4) is 0 Å². The van der Waals surface area contributed by atoms with Crippen LogP contribution in [0.5, 0.6) is 0 Å². The lowest BCUT2D eigenvalue weighted by Gasteiger charge is -2.08. The van der Waals surface area contributed by atoms with Crippen molar-refractivity contribution in [1.82, 2.24) is 10.6 Å². The first-order valence-electron chi connectivity index (χ1n) is 7.66. The molecule has 132 valence electrons. The molecule has 0 saturated carbocycles. The van der Waals surface area contributed by atoms with Crippen molar-refractivity contribution in [3.63, 3.8) is 0 Å².